The molecule has 1 aromatic heterocycles. The van der Waals surface area contributed by atoms with Crippen LogP contribution in [0.3, 0.4) is 0 Å². The van der Waals surface area contributed by atoms with Gasteiger partial charge in [-0.25, -0.2) is 13.1 Å². The van der Waals surface area contributed by atoms with Gasteiger partial charge in [0.05, 0.1) is 10.6 Å². The lowest BCUT2D eigenvalue weighted by atomic mass is 9.89. The van der Waals surface area contributed by atoms with Gasteiger partial charge in [-0.2, -0.15) is 9.40 Å². The van der Waals surface area contributed by atoms with Gasteiger partial charge in [0.1, 0.15) is 0 Å². The third-order valence-corrected chi connectivity index (χ3v) is 8.92. The molecule has 2 aromatic carbocycles. The van der Waals surface area contributed by atoms with E-state index < -0.39 is 10.0 Å². The second-order valence-corrected chi connectivity index (χ2v) is 10.9. The molecule has 0 atom stereocenters. The van der Waals surface area contributed by atoms with E-state index in [0.717, 1.165) is 59.2 Å². The fraction of sp³-hybridized carbons (Fsp3) is 0.385. The van der Waals surface area contributed by atoms with Crippen molar-refractivity contribution in [1.82, 2.24) is 14.1 Å². The van der Waals surface area contributed by atoms with Crippen LogP contribution in [0.4, 0.5) is 0 Å². The number of hydrogen-bond donors (Lipinski definition) is 0. The number of hydrogen-bond acceptors (Lipinski definition) is 4. The third-order valence-electron chi connectivity index (χ3n) is 6.99. The van der Waals surface area contributed by atoms with Crippen LogP contribution in [0.1, 0.15) is 47.6 Å². The van der Waals surface area contributed by atoms with Crippen molar-refractivity contribution in [3.63, 3.8) is 0 Å². The quantitative estimate of drug-likeness (QED) is 0.592. The molecule has 1 aliphatic carbocycles. The Morgan fingerprint density at radius 1 is 0.970 bits per heavy atom. The first-order valence-electron chi connectivity index (χ1n) is 11.7. The molecule has 33 heavy (non-hydrogen) atoms. The summed E-state index contributed by atoms with van der Waals surface area (Å²) < 4.78 is 30.6. The molecule has 0 bridgehead atoms. The normalized spacial score (nSPS) is 16.3. The first-order valence-corrected chi connectivity index (χ1v) is 13.1. The predicted molar refractivity (Wildman–Crippen MR) is 129 cm³/mol. The SMILES string of the molecule is CCc1ccc(-c2nn(C)c(=O)c3c2CCCC3)cc1S(=O)(=O)N1CCc2ccccc2C1. The Morgan fingerprint density at radius 2 is 1.70 bits per heavy atom. The van der Waals surface area contributed by atoms with Crippen molar-refractivity contribution in [2.45, 2.75) is 56.9 Å². The maximum absolute atomic E-state index is 13.8. The van der Waals surface area contributed by atoms with Crippen molar-refractivity contribution in [2.75, 3.05) is 6.54 Å². The molecule has 0 saturated heterocycles. The minimum Gasteiger partial charge on any atom is -0.268 e. The summed E-state index contributed by atoms with van der Waals surface area (Å²) in [5.41, 5.74) is 6.33. The van der Waals surface area contributed by atoms with Crippen molar-refractivity contribution in [1.29, 1.82) is 0 Å². The molecule has 0 fully saturated rings. The Hall–Kier alpha value is -2.77. The Balaban J connectivity index is 1.61. The van der Waals surface area contributed by atoms with Crippen LogP contribution < -0.4 is 5.56 Å². The molecule has 172 valence electrons. The molecule has 5 rings (SSSR count). The zero-order chi connectivity index (χ0) is 23.2. The van der Waals surface area contributed by atoms with E-state index in [0.29, 0.717) is 30.8 Å². The average molecular weight is 464 g/mol. The van der Waals surface area contributed by atoms with Gasteiger partial charge in [-0.1, -0.05) is 43.3 Å². The highest BCUT2D eigenvalue weighted by atomic mass is 32.2. The fourth-order valence-corrected chi connectivity index (χ4v) is 6.87. The number of aromatic nitrogens is 2. The maximum atomic E-state index is 13.8. The molecule has 0 N–H and O–H groups in total. The van der Waals surface area contributed by atoms with E-state index in [-0.39, 0.29) is 5.56 Å². The minimum atomic E-state index is -3.68. The molecule has 7 heteroatoms. The van der Waals surface area contributed by atoms with E-state index in [4.69, 9.17) is 0 Å². The van der Waals surface area contributed by atoms with Crippen LogP contribution in [0.15, 0.2) is 52.2 Å². The van der Waals surface area contributed by atoms with Gasteiger partial charge in [0.2, 0.25) is 10.0 Å². The lowest BCUT2D eigenvalue weighted by molar-refractivity contribution is 0.391. The van der Waals surface area contributed by atoms with E-state index in [2.05, 4.69) is 11.2 Å². The number of nitrogens with zero attached hydrogens (tertiary/aromatic N) is 3. The summed E-state index contributed by atoms with van der Waals surface area (Å²) in [6.45, 7) is 2.84. The largest absolute Gasteiger partial charge is 0.269 e. The van der Waals surface area contributed by atoms with Gasteiger partial charge >= 0.3 is 0 Å². The maximum Gasteiger partial charge on any atom is 0.269 e. The van der Waals surface area contributed by atoms with Crippen LogP contribution in [-0.2, 0) is 49.3 Å². The first kappa shape index (κ1) is 22.0. The highest BCUT2D eigenvalue weighted by molar-refractivity contribution is 7.89. The molecule has 2 aliphatic rings. The molecule has 0 spiro atoms. The molecule has 3 aromatic rings. The summed E-state index contributed by atoms with van der Waals surface area (Å²) >= 11 is 0. The molecular weight excluding hydrogens is 434 g/mol. The Morgan fingerprint density at radius 3 is 2.45 bits per heavy atom. The number of aryl methyl sites for hydroxylation is 2. The monoisotopic (exact) mass is 463 g/mol. The van der Waals surface area contributed by atoms with Crippen LogP contribution in [0.25, 0.3) is 11.3 Å². The van der Waals surface area contributed by atoms with Gasteiger partial charge in [0.15, 0.2) is 0 Å². The summed E-state index contributed by atoms with van der Waals surface area (Å²) in [7, 11) is -2.01. The summed E-state index contributed by atoms with van der Waals surface area (Å²) in [6, 6.07) is 13.7. The molecule has 0 radical (unpaired) electrons. The highest BCUT2D eigenvalue weighted by Crippen LogP contribution is 2.33. The molecule has 0 unspecified atom stereocenters. The van der Waals surface area contributed by atoms with Crippen LogP contribution >= 0.6 is 0 Å². The molecule has 2 heterocycles. The molecule has 1 aliphatic heterocycles. The van der Waals surface area contributed by atoms with Crippen LogP contribution in [0, 0.1) is 0 Å². The number of rotatable bonds is 4. The zero-order valence-electron chi connectivity index (χ0n) is 19.2. The lowest BCUT2D eigenvalue weighted by Gasteiger charge is -2.29. The van der Waals surface area contributed by atoms with Crippen LogP contribution in [-0.4, -0.2) is 29.0 Å². The van der Waals surface area contributed by atoms with Crippen LogP contribution in [0.5, 0.6) is 0 Å². The summed E-state index contributed by atoms with van der Waals surface area (Å²) in [5.74, 6) is 0. The number of fused-ring (bicyclic) bond motifs is 2. The van der Waals surface area contributed by atoms with E-state index in [9.17, 15) is 13.2 Å². The Kier molecular flexibility index (Phi) is 5.70. The van der Waals surface area contributed by atoms with Crippen molar-refractivity contribution in [2.24, 2.45) is 7.05 Å². The number of sulfonamides is 1. The van der Waals surface area contributed by atoms with Crippen molar-refractivity contribution < 1.29 is 8.42 Å². The minimum absolute atomic E-state index is 0.0431. The summed E-state index contributed by atoms with van der Waals surface area (Å²) in [5, 5.41) is 4.57. The van der Waals surface area contributed by atoms with E-state index in [1.54, 1.807) is 17.4 Å². The topological polar surface area (TPSA) is 72.3 Å². The van der Waals surface area contributed by atoms with Crippen molar-refractivity contribution in [3.05, 3.63) is 80.6 Å². The molecule has 0 saturated carbocycles. The second-order valence-electron chi connectivity index (χ2n) is 8.97. The molecular formula is C26H29N3O3S. The third kappa shape index (κ3) is 3.83. The Bertz CT molecular complexity index is 1390. The highest BCUT2D eigenvalue weighted by Gasteiger charge is 2.31. The summed E-state index contributed by atoms with van der Waals surface area (Å²) in [4.78, 5) is 13.0. The lowest BCUT2D eigenvalue weighted by Crippen LogP contribution is -2.36. The predicted octanol–water partition coefficient (Wildman–Crippen LogP) is 3.64. The van der Waals surface area contributed by atoms with E-state index >= 15 is 0 Å². The van der Waals surface area contributed by atoms with Crippen molar-refractivity contribution >= 4 is 10.0 Å². The molecule has 6 nitrogen and oxygen atoms in total. The van der Waals surface area contributed by atoms with Gasteiger partial charge in [-0.15, -0.1) is 0 Å². The smallest absolute Gasteiger partial charge is 0.268 e. The van der Waals surface area contributed by atoms with Gasteiger partial charge in [0, 0.05) is 31.3 Å². The van der Waals surface area contributed by atoms with Gasteiger partial charge in [-0.3, -0.25) is 4.79 Å². The van der Waals surface area contributed by atoms with Crippen molar-refractivity contribution in [3.8, 4) is 11.3 Å². The molecule has 0 amide bonds. The first-order chi connectivity index (χ1) is 15.9. The fourth-order valence-electron chi connectivity index (χ4n) is 5.13. The Labute approximate surface area is 194 Å². The van der Waals surface area contributed by atoms with Crippen LogP contribution in [0.2, 0.25) is 0 Å². The van der Waals surface area contributed by atoms with Gasteiger partial charge in [-0.05, 0) is 66.8 Å². The summed E-state index contributed by atoms with van der Waals surface area (Å²) in [6.07, 6.45) is 4.90. The van der Waals surface area contributed by atoms with E-state index in [1.165, 1.54) is 10.2 Å². The zero-order valence-corrected chi connectivity index (χ0v) is 20.0. The van der Waals surface area contributed by atoms with Gasteiger partial charge in [0.25, 0.3) is 5.56 Å². The standard InChI is InChI=1S/C26H29N3O3S/c1-3-18-12-13-20(25-22-10-6-7-11-23(22)26(30)28(2)27-25)16-24(18)33(31,32)29-15-14-19-8-4-5-9-21(19)17-29/h4-5,8-9,12-13,16H,3,6-7,10-11,14-15,17H2,1-2H3. The second kappa shape index (κ2) is 8.54. The number of benzene rings is 2. The average Bonchev–Trinajstić information content (AvgIpc) is 2.85. The van der Waals surface area contributed by atoms with E-state index in [1.807, 2.05) is 37.3 Å². The van der Waals surface area contributed by atoms with Gasteiger partial charge < -0.3 is 0 Å².